The number of likely N-dealkylation sites (tertiary alicyclic amines) is 1. The lowest BCUT2D eigenvalue weighted by Crippen LogP contribution is -2.49. The molecule has 12 heteroatoms. The Kier molecular flexibility index (Phi) is 6.27. The van der Waals surface area contributed by atoms with Crippen LogP contribution in [0.15, 0.2) is 24.5 Å². The molecule has 1 aliphatic rings. The number of alkyl halides is 3. The number of nitrogens with one attached hydrogen (secondary N) is 1. The number of hydrogen-bond donors (Lipinski definition) is 2. The lowest BCUT2D eigenvalue weighted by atomic mass is 9.85. The second-order valence-electron chi connectivity index (χ2n) is 8.79. The van der Waals surface area contributed by atoms with Gasteiger partial charge in [0.2, 0.25) is 11.8 Å². The van der Waals surface area contributed by atoms with E-state index in [1.807, 2.05) is 20.8 Å². The van der Waals surface area contributed by atoms with E-state index in [1.165, 1.54) is 28.9 Å². The summed E-state index contributed by atoms with van der Waals surface area (Å²) in [5.41, 5.74) is -1.12. The summed E-state index contributed by atoms with van der Waals surface area (Å²) >= 11 is 0. The van der Waals surface area contributed by atoms with Crippen LogP contribution in [0.3, 0.4) is 0 Å². The van der Waals surface area contributed by atoms with Crippen molar-refractivity contribution in [1.82, 2.24) is 30.2 Å². The molecule has 0 aliphatic carbocycles. The summed E-state index contributed by atoms with van der Waals surface area (Å²) in [7, 11) is 1.46. The van der Waals surface area contributed by atoms with Gasteiger partial charge in [-0.05, 0) is 17.5 Å². The van der Waals surface area contributed by atoms with Crippen LogP contribution >= 0.6 is 0 Å². The maximum Gasteiger partial charge on any atom is 0.433 e. The number of rotatable bonds is 4. The van der Waals surface area contributed by atoms with Gasteiger partial charge in [0.05, 0.1) is 12.3 Å². The fraction of sp³-hybridized carbons (Fsp3) is 0.550. The van der Waals surface area contributed by atoms with Crippen LogP contribution < -0.4 is 5.32 Å². The van der Waals surface area contributed by atoms with Crippen molar-refractivity contribution < 1.29 is 27.9 Å². The van der Waals surface area contributed by atoms with E-state index in [0.717, 1.165) is 12.3 Å². The smallest absolute Gasteiger partial charge is 0.391 e. The molecule has 3 rings (SSSR count). The van der Waals surface area contributed by atoms with Crippen LogP contribution in [-0.4, -0.2) is 67.5 Å². The van der Waals surface area contributed by atoms with Gasteiger partial charge in [-0.3, -0.25) is 14.6 Å². The highest BCUT2D eigenvalue weighted by molar-refractivity contribution is 5.90. The normalized spacial score (nSPS) is 20.3. The summed E-state index contributed by atoms with van der Waals surface area (Å²) in [4.78, 5) is 30.5. The second kappa shape index (κ2) is 8.49. The Bertz CT molecular complexity index is 984. The number of halogens is 3. The summed E-state index contributed by atoms with van der Waals surface area (Å²) in [5, 5.41) is 20.6. The van der Waals surface area contributed by atoms with E-state index in [2.05, 4.69) is 20.6 Å². The van der Waals surface area contributed by atoms with Gasteiger partial charge in [0.25, 0.3) is 0 Å². The molecule has 3 atom stereocenters. The van der Waals surface area contributed by atoms with E-state index in [4.69, 9.17) is 0 Å². The number of carbonyl (C=O) groups excluding carboxylic acids is 2. The average molecular weight is 454 g/mol. The summed E-state index contributed by atoms with van der Waals surface area (Å²) in [6.45, 7) is 5.46. The molecular weight excluding hydrogens is 429 g/mol. The van der Waals surface area contributed by atoms with Gasteiger partial charge in [0.1, 0.15) is 23.5 Å². The molecule has 2 unspecified atom stereocenters. The van der Waals surface area contributed by atoms with E-state index in [1.54, 1.807) is 0 Å². The minimum absolute atomic E-state index is 0.00782. The number of aromatic nitrogens is 4. The standard InChI is InChI=1S/C20H25F3N6O3/c1-19(2,3)16(18(32)28-9-12(30)7-14(28)17(31)24-4)29-10-13(26-27-29)11-5-6-15(25-8-11)20(21,22)23/h5-6,8,10,12,14,16,30H,7,9H2,1-4H3,(H,24,31)/t12?,14-,16?/m1/s1. The number of carbonyl (C=O) groups is 2. The topological polar surface area (TPSA) is 113 Å². The molecule has 9 nitrogen and oxygen atoms in total. The first-order valence-electron chi connectivity index (χ1n) is 9.98. The number of likely N-dealkylation sites (N-methyl/N-ethyl adjacent to an activating group) is 1. The predicted octanol–water partition coefficient (Wildman–Crippen LogP) is 1.65. The molecule has 0 aromatic carbocycles. The lowest BCUT2D eigenvalue weighted by molar-refractivity contribution is -0.144. The van der Waals surface area contributed by atoms with Crippen molar-refractivity contribution in [2.45, 2.75) is 51.6 Å². The third-order valence-electron chi connectivity index (χ3n) is 5.29. The van der Waals surface area contributed by atoms with Crippen LogP contribution in [0.1, 0.15) is 38.9 Å². The van der Waals surface area contributed by atoms with Crippen molar-refractivity contribution in [2.24, 2.45) is 5.41 Å². The molecule has 2 aromatic heterocycles. The van der Waals surface area contributed by atoms with Crippen molar-refractivity contribution in [3.63, 3.8) is 0 Å². The second-order valence-corrected chi connectivity index (χ2v) is 8.79. The first-order chi connectivity index (χ1) is 14.8. The number of pyridine rings is 1. The zero-order valence-electron chi connectivity index (χ0n) is 18.1. The third-order valence-corrected chi connectivity index (χ3v) is 5.29. The van der Waals surface area contributed by atoms with Crippen LogP contribution in [0.2, 0.25) is 0 Å². The highest BCUT2D eigenvalue weighted by atomic mass is 19.4. The minimum atomic E-state index is -4.55. The van der Waals surface area contributed by atoms with Gasteiger partial charge < -0.3 is 15.3 Å². The number of hydrogen-bond acceptors (Lipinski definition) is 6. The van der Waals surface area contributed by atoms with E-state index < -0.39 is 41.4 Å². The first kappa shape index (κ1) is 23.6. The largest absolute Gasteiger partial charge is 0.433 e. The molecule has 1 aliphatic heterocycles. The van der Waals surface area contributed by atoms with Gasteiger partial charge in [-0.15, -0.1) is 5.10 Å². The Morgan fingerprint density at radius 3 is 2.47 bits per heavy atom. The van der Waals surface area contributed by atoms with Gasteiger partial charge in [0, 0.05) is 31.8 Å². The van der Waals surface area contributed by atoms with Gasteiger partial charge in [-0.25, -0.2) is 4.68 Å². The van der Waals surface area contributed by atoms with Crippen molar-refractivity contribution in [3.8, 4) is 11.3 Å². The summed E-state index contributed by atoms with van der Waals surface area (Å²) in [5.74, 6) is -0.790. The van der Waals surface area contributed by atoms with Crippen LogP contribution in [0.4, 0.5) is 13.2 Å². The fourth-order valence-electron chi connectivity index (χ4n) is 3.76. The van der Waals surface area contributed by atoms with E-state index >= 15 is 0 Å². The van der Waals surface area contributed by atoms with Crippen LogP contribution in [0.25, 0.3) is 11.3 Å². The summed E-state index contributed by atoms with van der Waals surface area (Å²) < 4.78 is 39.6. The quantitative estimate of drug-likeness (QED) is 0.727. The molecular formula is C20H25F3N6O3. The summed E-state index contributed by atoms with van der Waals surface area (Å²) in [6, 6.07) is 0.398. The average Bonchev–Trinajstić information content (AvgIpc) is 3.33. The molecule has 3 heterocycles. The molecule has 0 radical (unpaired) electrons. The molecule has 2 aromatic rings. The maximum absolute atomic E-state index is 13.5. The van der Waals surface area contributed by atoms with Gasteiger partial charge >= 0.3 is 6.18 Å². The van der Waals surface area contributed by atoms with E-state index in [0.29, 0.717) is 5.56 Å². The maximum atomic E-state index is 13.5. The number of aliphatic hydroxyl groups excluding tert-OH is 1. The van der Waals surface area contributed by atoms with Crippen molar-refractivity contribution in [3.05, 3.63) is 30.2 Å². The van der Waals surface area contributed by atoms with E-state index in [-0.39, 0.29) is 24.6 Å². The minimum Gasteiger partial charge on any atom is -0.391 e. The monoisotopic (exact) mass is 454 g/mol. The molecule has 32 heavy (non-hydrogen) atoms. The molecule has 0 saturated carbocycles. The number of amides is 2. The summed E-state index contributed by atoms with van der Waals surface area (Å²) in [6.07, 6.45) is -2.75. The first-order valence-corrected chi connectivity index (χ1v) is 9.98. The Balaban J connectivity index is 1.92. The molecule has 2 amide bonds. The molecule has 2 N–H and O–H groups in total. The Labute approximate surface area is 182 Å². The lowest BCUT2D eigenvalue weighted by Gasteiger charge is -2.34. The van der Waals surface area contributed by atoms with Crippen LogP contribution in [0, 0.1) is 5.41 Å². The molecule has 174 valence electrons. The zero-order valence-corrected chi connectivity index (χ0v) is 18.1. The van der Waals surface area contributed by atoms with Crippen molar-refractivity contribution in [1.29, 1.82) is 0 Å². The Morgan fingerprint density at radius 1 is 1.25 bits per heavy atom. The van der Waals surface area contributed by atoms with Gasteiger partial charge in [0.15, 0.2) is 0 Å². The Morgan fingerprint density at radius 2 is 1.94 bits per heavy atom. The fourth-order valence-corrected chi connectivity index (χ4v) is 3.76. The molecule has 1 saturated heterocycles. The number of aliphatic hydroxyl groups is 1. The highest BCUT2D eigenvalue weighted by Crippen LogP contribution is 2.35. The molecule has 0 bridgehead atoms. The highest BCUT2D eigenvalue weighted by Gasteiger charge is 2.45. The third kappa shape index (κ3) is 4.74. The molecule has 0 spiro atoms. The SMILES string of the molecule is CNC(=O)[C@H]1CC(O)CN1C(=O)C(n1cc(-c2ccc(C(F)(F)F)nc2)nn1)C(C)(C)C. The zero-order chi connectivity index (χ0) is 23.8. The van der Waals surface area contributed by atoms with Crippen LogP contribution in [0.5, 0.6) is 0 Å². The van der Waals surface area contributed by atoms with Gasteiger partial charge in [-0.1, -0.05) is 26.0 Å². The van der Waals surface area contributed by atoms with Crippen molar-refractivity contribution >= 4 is 11.8 Å². The number of nitrogens with zero attached hydrogens (tertiary/aromatic N) is 5. The predicted molar refractivity (Wildman–Crippen MR) is 107 cm³/mol. The van der Waals surface area contributed by atoms with Crippen LogP contribution in [-0.2, 0) is 15.8 Å². The number of β-amino-alcohol motifs (C(OH)–C–C–N with tert-alkyl or cyclic N) is 1. The molecule has 1 fully saturated rings. The van der Waals surface area contributed by atoms with E-state index in [9.17, 15) is 27.9 Å². The Hall–Kier alpha value is -3.02. The van der Waals surface area contributed by atoms with Gasteiger partial charge in [-0.2, -0.15) is 13.2 Å². The van der Waals surface area contributed by atoms with Crippen molar-refractivity contribution in [2.75, 3.05) is 13.6 Å².